The molecule has 2 aliphatic carbocycles. The first-order valence-electron chi connectivity index (χ1n) is 23.8. The molecule has 0 fully saturated rings. The number of rotatable bonds is 4. The van der Waals surface area contributed by atoms with Gasteiger partial charge in [-0.05, 0) is 133 Å². The fourth-order valence-electron chi connectivity index (χ4n) is 12.6. The zero-order valence-electron chi connectivity index (χ0n) is 37.4. The largest absolute Gasteiger partial charge is 0.457 e. The van der Waals surface area contributed by atoms with E-state index >= 15 is 0 Å². The third-order valence-corrected chi connectivity index (χ3v) is 15.4. The van der Waals surface area contributed by atoms with Gasteiger partial charge in [-0.1, -0.05) is 182 Å². The number of anilines is 3. The molecule has 0 saturated heterocycles. The summed E-state index contributed by atoms with van der Waals surface area (Å²) in [5.74, 6) is 3.54. The first-order chi connectivity index (χ1) is 34.2. The van der Waals surface area contributed by atoms with E-state index in [1.807, 2.05) is 0 Å². The summed E-state index contributed by atoms with van der Waals surface area (Å²) in [5.41, 5.74) is 19.0. The summed E-state index contributed by atoms with van der Waals surface area (Å²) >= 11 is 0. The molecule has 11 aromatic carbocycles. The van der Waals surface area contributed by atoms with Crippen LogP contribution in [0.5, 0.6) is 23.0 Å². The van der Waals surface area contributed by atoms with Gasteiger partial charge in [-0.15, -0.1) is 0 Å². The molecule has 0 bridgehead atoms. The van der Waals surface area contributed by atoms with Crippen LogP contribution in [0.1, 0.15) is 44.5 Å². The van der Waals surface area contributed by atoms with Gasteiger partial charge < -0.3 is 14.4 Å². The van der Waals surface area contributed by atoms with Crippen molar-refractivity contribution in [2.75, 3.05) is 4.90 Å². The van der Waals surface area contributed by atoms with Gasteiger partial charge in [0.1, 0.15) is 23.0 Å². The molecule has 2 aliphatic heterocycles. The minimum atomic E-state index is -0.608. The van der Waals surface area contributed by atoms with Gasteiger partial charge in [0.15, 0.2) is 0 Å². The lowest BCUT2D eigenvalue weighted by molar-refractivity contribution is 0.436. The highest BCUT2D eigenvalue weighted by molar-refractivity contribution is 5.96. The molecular formula is C66H41NO2. The maximum absolute atomic E-state index is 6.73. The van der Waals surface area contributed by atoms with E-state index in [9.17, 15) is 0 Å². The number of para-hydroxylation sites is 4. The monoisotopic (exact) mass is 879 g/mol. The lowest BCUT2D eigenvalue weighted by atomic mass is 9.66. The average molecular weight is 880 g/mol. The number of benzene rings is 11. The van der Waals surface area contributed by atoms with Gasteiger partial charge in [0.25, 0.3) is 0 Å². The SMILES string of the molecule is c1ccc(-c2ccc3cc(N(c4ccc5c(c4)-c4ccccc4C54c5ccccc5Oc5ccccc54)c4ccc5c(c4)C4(c6ccccc6Oc6ccccc64)c4ccccc4-5)ccc3c2)cc1. The number of ether oxygens (including phenoxy) is 2. The Labute approximate surface area is 400 Å². The molecule has 0 radical (unpaired) electrons. The topological polar surface area (TPSA) is 21.7 Å². The quantitative estimate of drug-likeness (QED) is 0.176. The van der Waals surface area contributed by atoms with Gasteiger partial charge in [-0.2, -0.15) is 0 Å². The number of fused-ring (bicyclic) bond motifs is 19. The fourth-order valence-corrected chi connectivity index (χ4v) is 12.6. The van der Waals surface area contributed by atoms with Crippen molar-refractivity contribution in [3.8, 4) is 56.4 Å². The molecule has 2 heterocycles. The van der Waals surface area contributed by atoms with Crippen molar-refractivity contribution in [3.63, 3.8) is 0 Å². The Morgan fingerprint density at radius 2 is 0.652 bits per heavy atom. The van der Waals surface area contributed by atoms with Crippen LogP contribution < -0.4 is 14.4 Å². The molecule has 4 aliphatic rings. The van der Waals surface area contributed by atoms with E-state index in [1.165, 1.54) is 66.4 Å². The maximum atomic E-state index is 6.73. The summed E-state index contributed by atoms with van der Waals surface area (Å²) in [6, 6.07) is 91.0. The number of hydrogen-bond acceptors (Lipinski definition) is 3. The summed E-state index contributed by atoms with van der Waals surface area (Å²) in [6.45, 7) is 0. The second-order valence-corrected chi connectivity index (χ2v) is 18.7. The molecule has 0 aromatic heterocycles. The van der Waals surface area contributed by atoms with Crippen molar-refractivity contribution in [1.82, 2.24) is 0 Å². The van der Waals surface area contributed by atoms with Gasteiger partial charge in [-0.3, -0.25) is 0 Å². The molecule has 0 atom stereocenters. The summed E-state index contributed by atoms with van der Waals surface area (Å²) in [6.07, 6.45) is 0. The van der Waals surface area contributed by atoms with E-state index in [4.69, 9.17) is 9.47 Å². The van der Waals surface area contributed by atoms with Gasteiger partial charge in [0, 0.05) is 39.3 Å². The van der Waals surface area contributed by atoms with Crippen LogP contribution in [0.15, 0.2) is 249 Å². The van der Waals surface area contributed by atoms with Gasteiger partial charge in [0.05, 0.1) is 10.8 Å². The molecular weight excluding hydrogens is 839 g/mol. The van der Waals surface area contributed by atoms with Gasteiger partial charge in [0.2, 0.25) is 0 Å². The van der Waals surface area contributed by atoms with E-state index in [0.717, 1.165) is 62.3 Å². The molecule has 0 unspecified atom stereocenters. The number of hydrogen-bond donors (Lipinski definition) is 0. The Bertz CT molecular complexity index is 3850. The summed E-state index contributed by atoms with van der Waals surface area (Å²) in [4.78, 5) is 2.47. The van der Waals surface area contributed by atoms with Crippen molar-refractivity contribution in [3.05, 3.63) is 293 Å². The van der Waals surface area contributed by atoms with Crippen LogP contribution in [0.3, 0.4) is 0 Å². The zero-order valence-corrected chi connectivity index (χ0v) is 37.4. The molecule has 0 saturated carbocycles. The Hall–Kier alpha value is -8.92. The van der Waals surface area contributed by atoms with Crippen LogP contribution in [0.2, 0.25) is 0 Å². The van der Waals surface area contributed by atoms with Crippen LogP contribution >= 0.6 is 0 Å². The highest BCUT2D eigenvalue weighted by Crippen LogP contribution is 2.65. The standard InChI is InChI=1S/C66H41NO2/c1-2-16-42(17-3-1)43-30-31-45-39-46(33-32-44(45)38-43)67(47-35-37-55-52(40-47)50-19-5-7-21-54(50)65(55)56-22-8-12-26-61(56)68-62-27-13-9-23-57(62)65)48-34-36-51-49-18-4-6-20-53(49)66(60(51)41-48)58-24-10-14-28-63(58)69-64-29-15-11-25-59(64)66/h1-41H. The van der Waals surface area contributed by atoms with Crippen molar-refractivity contribution in [1.29, 1.82) is 0 Å². The predicted octanol–water partition coefficient (Wildman–Crippen LogP) is 16.9. The molecule has 322 valence electrons. The highest BCUT2D eigenvalue weighted by atomic mass is 16.5. The fraction of sp³-hybridized carbons (Fsp3) is 0.0303. The highest BCUT2D eigenvalue weighted by Gasteiger charge is 2.53. The molecule has 15 rings (SSSR count). The Kier molecular flexibility index (Phi) is 7.92. The van der Waals surface area contributed by atoms with Gasteiger partial charge in [-0.25, -0.2) is 0 Å². The van der Waals surface area contributed by atoms with Crippen molar-refractivity contribution < 1.29 is 9.47 Å². The lowest BCUT2D eigenvalue weighted by Crippen LogP contribution is -2.32. The second kappa shape index (κ2) is 14.3. The van der Waals surface area contributed by atoms with E-state index in [1.54, 1.807) is 0 Å². The summed E-state index contributed by atoms with van der Waals surface area (Å²) in [5, 5.41) is 2.37. The van der Waals surface area contributed by atoms with Crippen LogP contribution in [0, 0.1) is 0 Å². The minimum Gasteiger partial charge on any atom is -0.457 e. The Morgan fingerprint density at radius 3 is 1.26 bits per heavy atom. The second-order valence-electron chi connectivity index (χ2n) is 18.7. The minimum absolute atomic E-state index is 0.560. The van der Waals surface area contributed by atoms with Gasteiger partial charge >= 0.3 is 0 Å². The molecule has 0 N–H and O–H groups in total. The van der Waals surface area contributed by atoms with Crippen molar-refractivity contribution >= 4 is 27.8 Å². The van der Waals surface area contributed by atoms with Crippen LogP contribution in [0.4, 0.5) is 17.1 Å². The van der Waals surface area contributed by atoms with Crippen molar-refractivity contribution in [2.24, 2.45) is 0 Å². The van der Waals surface area contributed by atoms with E-state index in [2.05, 4.69) is 254 Å². The van der Waals surface area contributed by atoms with Crippen LogP contribution in [-0.4, -0.2) is 0 Å². The zero-order chi connectivity index (χ0) is 45.3. The van der Waals surface area contributed by atoms with Crippen LogP contribution in [0.25, 0.3) is 44.2 Å². The van der Waals surface area contributed by atoms with Crippen LogP contribution in [-0.2, 0) is 10.8 Å². The molecule has 3 heteroatoms. The lowest BCUT2D eigenvalue weighted by Gasteiger charge is -2.40. The third-order valence-electron chi connectivity index (χ3n) is 15.4. The summed E-state index contributed by atoms with van der Waals surface area (Å²) in [7, 11) is 0. The molecule has 69 heavy (non-hydrogen) atoms. The molecule has 11 aromatic rings. The maximum Gasteiger partial charge on any atom is 0.132 e. The van der Waals surface area contributed by atoms with E-state index in [-0.39, 0.29) is 0 Å². The molecule has 2 spiro atoms. The van der Waals surface area contributed by atoms with E-state index in [0.29, 0.717) is 0 Å². The Balaban J connectivity index is 0.986. The molecule has 0 amide bonds. The number of nitrogens with zero attached hydrogens (tertiary/aromatic N) is 1. The normalized spacial score (nSPS) is 14.3. The summed E-state index contributed by atoms with van der Waals surface area (Å²) < 4.78 is 13.4. The Morgan fingerprint density at radius 1 is 0.246 bits per heavy atom. The van der Waals surface area contributed by atoms with Crippen molar-refractivity contribution in [2.45, 2.75) is 10.8 Å². The van der Waals surface area contributed by atoms with E-state index < -0.39 is 10.8 Å². The predicted molar refractivity (Wildman–Crippen MR) is 279 cm³/mol. The first kappa shape index (κ1) is 38.2. The smallest absolute Gasteiger partial charge is 0.132 e. The average Bonchev–Trinajstić information content (AvgIpc) is 3.86. The first-order valence-corrected chi connectivity index (χ1v) is 23.8. The molecule has 3 nitrogen and oxygen atoms in total. The third kappa shape index (κ3) is 5.16.